The van der Waals surface area contributed by atoms with Crippen molar-refractivity contribution in [3.8, 4) is 0 Å². The zero-order chi connectivity index (χ0) is 19.4. The Morgan fingerprint density at radius 1 is 1.26 bits per heavy atom. The summed E-state index contributed by atoms with van der Waals surface area (Å²) in [6, 6.07) is 7.50. The van der Waals surface area contributed by atoms with E-state index in [0.717, 1.165) is 23.7 Å². The number of anilines is 2. The third kappa shape index (κ3) is 4.72. The summed E-state index contributed by atoms with van der Waals surface area (Å²) in [5.41, 5.74) is -0.330. The molecule has 0 bridgehead atoms. The standard InChI is InChI=1S/C16H10ClF3N4O2S/c17-13-12(23-24-27-13)8-26-15(25)11-5-2-6-21-14(11)22-10-4-1-3-9(7-10)16(18,19)20/h1-7H,8H2,(H,21,22). The van der Waals surface area contributed by atoms with E-state index in [2.05, 4.69) is 19.9 Å². The van der Waals surface area contributed by atoms with E-state index in [1.165, 1.54) is 30.5 Å². The van der Waals surface area contributed by atoms with Crippen molar-refractivity contribution in [2.45, 2.75) is 12.8 Å². The average Bonchev–Trinajstić information content (AvgIpc) is 3.05. The van der Waals surface area contributed by atoms with Crippen LogP contribution in [0.5, 0.6) is 0 Å². The van der Waals surface area contributed by atoms with Gasteiger partial charge in [-0.1, -0.05) is 22.2 Å². The van der Waals surface area contributed by atoms with Crippen LogP contribution >= 0.6 is 23.1 Å². The van der Waals surface area contributed by atoms with Gasteiger partial charge in [0.15, 0.2) is 0 Å². The van der Waals surface area contributed by atoms with Crippen molar-refractivity contribution in [2.75, 3.05) is 5.32 Å². The van der Waals surface area contributed by atoms with Crippen LogP contribution in [0.2, 0.25) is 4.34 Å². The van der Waals surface area contributed by atoms with E-state index in [1.54, 1.807) is 0 Å². The molecule has 1 N–H and O–H groups in total. The first-order valence-corrected chi connectivity index (χ1v) is 8.53. The molecule has 2 heterocycles. The monoisotopic (exact) mass is 414 g/mol. The Morgan fingerprint density at radius 2 is 2.07 bits per heavy atom. The maximum atomic E-state index is 12.8. The summed E-state index contributed by atoms with van der Waals surface area (Å²) in [6.07, 6.45) is -3.08. The van der Waals surface area contributed by atoms with Crippen molar-refractivity contribution >= 4 is 40.6 Å². The van der Waals surface area contributed by atoms with Gasteiger partial charge in [-0.15, -0.1) is 5.10 Å². The lowest BCUT2D eigenvalue weighted by molar-refractivity contribution is -0.137. The van der Waals surface area contributed by atoms with Crippen LogP contribution in [0.4, 0.5) is 24.7 Å². The first-order valence-electron chi connectivity index (χ1n) is 7.38. The largest absolute Gasteiger partial charge is 0.455 e. The highest BCUT2D eigenvalue weighted by atomic mass is 35.5. The van der Waals surface area contributed by atoms with Gasteiger partial charge in [-0.3, -0.25) is 0 Å². The number of rotatable bonds is 5. The number of nitrogens with zero attached hydrogens (tertiary/aromatic N) is 3. The fraction of sp³-hybridized carbons (Fsp3) is 0.125. The molecular weight excluding hydrogens is 405 g/mol. The van der Waals surface area contributed by atoms with Gasteiger partial charge in [0.2, 0.25) is 0 Å². The molecule has 1 aromatic carbocycles. The predicted octanol–water partition coefficient (Wildman–Crippen LogP) is 4.71. The lowest BCUT2D eigenvalue weighted by atomic mass is 10.2. The van der Waals surface area contributed by atoms with Crippen molar-refractivity contribution in [3.63, 3.8) is 0 Å². The Balaban J connectivity index is 1.78. The number of carbonyl (C=O) groups is 1. The maximum absolute atomic E-state index is 12.8. The number of hydrogen-bond donors (Lipinski definition) is 1. The Kier molecular flexibility index (Phi) is 5.57. The summed E-state index contributed by atoms with van der Waals surface area (Å²) in [5, 5.41) is 6.43. The summed E-state index contributed by atoms with van der Waals surface area (Å²) in [4.78, 5) is 16.3. The van der Waals surface area contributed by atoms with E-state index < -0.39 is 17.7 Å². The molecule has 0 saturated heterocycles. The number of benzene rings is 1. The molecular formula is C16H10ClF3N4O2S. The minimum Gasteiger partial charge on any atom is -0.455 e. The van der Waals surface area contributed by atoms with Gasteiger partial charge >= 0.3 is 12.1 Å². The van der Waals surface area contributed by atoms with E-state index in [1.807, 2.05) is 0 Å². The Hall–Kier alpha value is -2.72. The molecule has 0 aliphatic heterocycles. The van der Waals surface area contributed by atoms with Crippen molar-refractivity contribution < 1.29 is 22.7 Å². The number of carbonyl (C=O) groups excluding carboxylic acids is 1. The van der Waals surface area contributed by atoms with E-state index in [4.69, 9.17) is 16.3 Å². The summed E-state index contributed by atoms with van der Waals surface area (Å²) >= 11 is 6.80. The van der Waals surface area contributed by atoms with E-state index in [-0.39, 0.29) is 23.7 Å². The topological polar surface area (TPSA) is 77.0 Å². The van der Waals surface area contributed by atoms with Crippen LogP contribution in [0.25, 0.3) is 0 Å². The highest BCUT2D eigenvalue weighted by molar-refractivity contribution is 7.10. The number of aromatic nitrogens is 3. The number of pyridine rings is 1. The van der Waals surface area contributed by atoms with Gasteiger partial charge in [0.05, 0.1) is 5.56 Å². The Labute approximate surface area is 160 Å². The number of alkyl halides is 3. The minimum atomic E-state index is -4.48. The lowest BCUT2D eigenvalue weighted by Gasteiger charge is -2.12. The van der Waals surface area contributed by atoms with Gasteiger partial charge in [0.1, 0.15) is 28.0 Å². The molecule has 3 rings (SSSR count). The second kappa shape index (κ2) is 7.89. The van der Waals surface area contributed by atoms with Crippen LogP contribution in [0.15, 0.2) is 42.6 Å². The molecule has 0 aliphatic rings. The number of nitrogens with one attached hydrogen (secondary N) is 1. The number of hydrogen-bond acceptors (Lipinski definition) is 7. The van der Waals surface area contributed by atoms with Gasteiger partial charge < -0.3 is 10.1 Å². The fourth-order valence-electron chi connectivity index (χ4n) is 2.07. The smallest absolute Gasteiger partial charge is 0.416 e. The third-order valence-corrected chi connectivity index (χ3v) is 4.31. The highest BCUT2D eigenvalue weighted by Crippen LogP contribution is 2.31. The zero-order valence-corrected chi connectivity index (χ0v) is 14.9. The molecule has 27 heavy (non-hydrogen) atoms. The molecule has 3 aromatic rings. The molecule has 0 atom stereocenters. The van der Waals surface area contributed by atoms with Gasteiger partial charge in [-0.25, -0.2) is 9.78 Å². The molecule has 0 amide bonds. The molecule has 2 aromatic heterocycles. The predicted molar refractivity (Wildman–Crippen MR) is 93.0 cm³/mol. The molecule has 6 nitrogen and oxygen atoms in total. The average molecular weight is 415 g/mol. The summed E-state index contributed by atoms with van der Waals surface area (Å²) in [7, 11) is 0. The van der Waals surface area contributed by atoms with Crippen molar-refractivity contribution in [1.82, 2.24) is 14.6 Å². The summed E-state index contributed by atoms with van der Waals surface area (Å²) < 4.78 is 47.6. The van der Waals surface area contributed by atoms with Crippen LogP contribution in [0.1, 0.15) is 21.6 Å². The number of halogens is 4. The molecule has 0 fully saturated rings. The normalized spacial score (nSPS) is 11.3. The molecule has 0 unspecified atom stereocenters. The maximum Gasteiger partial charge on any atom is 0.416 e. The first kappa shape index (κ1) is 19.1. The SMILES string of the molecule is O=C(OCc1nnsc1Cl)c1cccnc1Nc1cccc(C(F)(F)F)c1. The van der Waals surface area contributed by atoms with Gasteiger partial charge in [0.25, 0.3) is 0 Å². The number of esters is 1. The van der Waals surface area contributed by atoms with E-state index in [9.17, 15) is 18.0 Å². The lowest BCUT2D eigenvalue weighted by Crippen LogP contribution is -2.10. The molecule has 140 valence electrons. The summed E-state index contributed by atoms with van der Waals surface area (Å²) in [6.45, 7) is -0.188. The Morgan fingerprint density at radius 3 is 2.78 bits per heavy atom. The molecule has 0 aliphatic carbocycles. The van der Waals surface area contributed by atoms with Gasteiger partial charge in [-0.05, 0) is 30.3 Å². The van der Waals surface area contributed by atoms with Crippen molar-refractivity contribution in [3.05, 3.63) is 63.8 Å². The van der Waals surface area contributed by atoms with Crippen LogP contribution in [-0.4, -0.2) is 20.5 Å². The third-order valence-electron chi connectivity index (χ3n) is 3.33. The fourth-order valence-corrected chi connectivity index (χ4v) is 2.68. The molecule has 0 spiro atoms. The second-order valence-corrected chi connectivity index (χ2v) is 6.53. The minimum absolute atomic E-state index is 0.0502. The second-order valence-electron chi connectivity index (χ2n) is 5.17. The van der Waals surface area contributed by atoms with E-state index >= 15 is 0 Å². The quantitative estimate of drug-likeness (QED) is 0.609. The van der Waals surface area contributed by atoms with E-state index in [0.29, 0.717) is 10.0 Å². The number of ether oxygens (including phenoxy) is 1. The van der Waals surface area contributed by atoms with Crippen molar-refractivity contribution in [1.29, 1.82) is 0 Å². The molecule has 0 radical (unpaired) electrons. The highest BCUT2D eigenvalue weighted by Gasteiger charge is 2.30. The molecule has 11 heteroatoms. The van der Waals surface area contributed by atoms with Crippen LogP contribution in [0, 0.1) is 0 Å². The van der Waals surface area contributed by atoms with Crippen LogP contribution in [0.3, 0.4) is 0 Å². The van der Waals surface area contributed by atoms with Crippen molar-refractivity contribution in [2.24, 2.45) is 0 Å². The zero-order valence-electron chi connectivity index (χ0n) is 13.3. The van der Waals surface area contributed by atoms with Crippen LogP contribution < -0.4 is 5.32 Å². The van der Waals surface area contributed by atoms with Gasteiger partial charge in [0, 0.05) is 23.4 Å². The first-order chi connectivity index (χ1) is 12.8. The summed E-state index contributed by atoms with van der Waals surface area (Å²) in [5.74, 6) is -0.675. The van der Waals surface area contributed by atoms with Gasteiger partial charge in [-0.2, -0.15) is 13.2 Å². The van der Waals surface area contributed by atoms with Crippen LogP contribution in [-0.2, 0) is 17.5 Å². The molecule has 0 saturated carbocycles. The Bertz CT molecular complexity index is 965.